The average Bonchev–Trinajstić information content (AvgIpc) is 2.08. The highest BCUT2D eigenvalue weighted by molar-refractivity contribution is 9.09. The molecule has 0 bridgehead atoms. The van der Waals surface area contributed by atoms with Gasteiger partial charge >= 0.3 is 0 Å². The number of hydrogen-bond donors (Lipinski definition) is 2. The van der Waals surface area contributed by atoms with Gasteiger partial charge in [-0.15, -0.1) is 0 Å². The number of benzene rings is 1. The molecule has 0 atom stereocenters. The van der Waals surface area contributed by atoms with Gasteiger partial charge in [-0.3, -0.25) is 4.79 Å². The summed E-state index contributed by atoms with van der Waals surface area (Å²) in [6.07, 6.45) is 0.862. The first-order valence-electron chi connectivity index (χ1n) is 3.89. The van der Waals surface area contributed by atoms with Crippen molar-refractivity contribution < 1.29 is 4.79 Å². The van der Waals surface area contributed by atoms with Crippen molar-refractivity contribution in [1.29, 1.82) is 0 Å². The lowest BCUT2D eigenvalue weighted by molar-refractivity contribution is 0.100. The van der Waals surface area contributed by atoms with Crippen LogP contribution in [0, 0.1) is 0 Å². The molecular weight excluding hydrogens is 232 g/mol. The maximum atomic E-state index is 10.9. The predicted octanol–water partition coefficient (Wildman–Crippen LogP) is 1.31. The van der Waals surface area contributed by atoms with Gasteiger partial charge in [-0.05, 0) is 24.1 Å². The molecule has 4 heteroatoms. The van der Waals surface area contributed by atoms with Gasteiger partial charge in [-0.1, -0.05) is 22.0 Å². The molecule has 0 aliphatic carbocycles. The summed E-state index contributed by atoms with van der Waals surface area (Å²) >= 11 is 3.32. The maximum Gasteiger partial charge on any atom is 0.250 e. The Labute approximate surface area is 85.2 Å². The van der Waals surface area contributed by atoms with Crippen molar-refractivity contribution in [2.24, 2.45) is 5.73 Å². The molecule has 0 spiro atoms. The number of nitrogen functional groups attached to an aromatic ring is 1. The topological polar surface area (TPSA) is 69.1 Å². The van der Waals surface area contributed by atoms with Gasteiger partial charge < -0.3 is 11.5 Å². The molecule has 70 valence electrons. The molecule has 3 nitrogen and oxygen atoms in total. The summed E-state index contributed by atoms with van der Waals surface area (Å²) in [5.74, 6) is -0.478. The van der Waals surface area contributed by atoms with Gasteiger partial charge in [0.2, 0.25) is 0 Å². The molecule has 0 aliphatic rings. The zero-order valence-electron chi connectivity index (χ0n) is 7.09. The van der Waals surface area contributed by atoms with Gasteiger partial charge in [-0.25, -0.2) is 0 Å². The van der Waals surface area contributed by atoms with Crippen molar-refractivity contribution in [3.8, 4) is 0 Å². The van der Waals surface area contributed by atoms with Gasteiger partial charge in [-0.2, -0.15) is 0 Å². The van der Waals surface area contributed by atoms with Crippen LogP contribution in [-0.2, 0) is 6.42 Å². The Hall–Kier alpha value is -1.03. The number of hydrogen-bond acceptors (Lipinski definition) is 2. The third-order valence-corrected chi connectivity index (χ3v) is 2.16. The maximum absolute atomic E-state index is 10.9. The van der Waals surface area contributed by atoms with Crippen LogP contribution in [0.15, 0.2) is 18.2 Å². The Balaban J connectivity index is 3.04. The number of carbonyl (C=O) groups is 1. The van der Waals surface area contributed by atoms with Crippen molar-refractivity contribution in [1.82, 2.24) is 0 Å². The number of amides is 1. The Morgan fingerprint density at radius 3 is 2.69 bits per heavy atom. The standard InChI is InChI=1S/C9H11BrN2O/c10-4-3-6-1-2-8(11)7(5-6)9(12)13/h1-2,5H,3-4,11H2,(H2,12,13). The fourth-order valence-electron chi connectivity index (χ4n) is 1.08. The van der Waals surface area contributed by atoms with Crippen LogP contribution in [0.2, 0.25) is 0 Å². The monoisotopic (exact) mass is 242 g/mol. The number of halogens is 1. The summed E-state index contributed by atoms with van der Waals surface area (Å²) < 4.78 is 0. The number of anilines is 1. The second-order valence-electron chi connectivity index (χ2n) is 2.72. The van der Waals surface area contributed by atoms with Crippen molar-refractivity contribution in [3.05, 3.63) is 29.3 Å². The lowest BCUT2D eigenvalue weighted by atomic mass is 10.1. The molecule has 0 unspecified atom stereocenters. The van der Waals surface area contributed by atoms with E-state index in [0.717, 1.165) is 17.3 Å². The third-order valence-electron chi connectivity index (χ3n) is 1.77. The molecule has 0 radical (unpaired) electrons. The molecule has 13 heavy (non-hydrogen) atoms. The van der Waals surface area contributed by atoms with E-state index in [2.05, 4.69) is 15.9 Å². The van der Waals surface area contributed by atoms with Crippen molar-refractivity contribution >= 4 is 27.5 Å². The Kier molecular flexibility index (Phi) is 3.31. The summed E-state index contributed by atoms with van der Waals surface area (Å²) in [7, 11) is 0. The fourth-order valence-corrected chi connectivity index (χ4v) is 1.54. The first-order chi connectivity index (χ1) is 6.15. The molecule has 0 heterocycles. The molecule has 4 N–H and O–H groups in total. The SMILES string of the molecule is NC(=O)c1cc(CCBr)ccc1N. The minimum Gasteiger partial charge on any atom is -0.398 e. The van der Waals surface area contributed by atoms with E-state index in [0.29, 0.717) is 11.3 Å². The van der Waals surface area contributed by atoms with Gasteiger partial charge in [0.25, 0.3) is 5.91 Å². The van der Waals surface area contributed by atoms with Gasteiger partial charge in [0.15, 0.2) is 0 Å². The normalized spacial score (nSPS) is 9.92. The number of rotatable bonds is 3. The summed E-state index contributed by atoms with van der Waals surface area (Å²) in [5.41, 5.74) is 12.6. The minimum atomic E-state index is -0.478. The average molecular weight is 243 g/mol. The number of alkyl halides is 1. The Bertz CT molecular complexity index is 325. The molecule has 1 rings (SSSR count). The van der Waals surface area contributed by atoms with E-state index in [4.69, 9.17) is 11.5 Å². The molecule has 1 amide bonds. The Morgan fingerprint density at radius 1 is 1.46 bits per heavy atom. The van der Waals surface area contributed by atoms with Crippen molar-refractivity contribution in [2.75, 3.05) is 11.1 Å². The first kappa shape index (κ1) is 10.1. The lowest BCUT2D eigenvalue weighted by Crippen LogP contribution is -2.13. The number of primary amides is 1. The number of nitrogens with two attached hydrogens (primary N) is 2. The van der Waals surface area contributed by atoms with E-state index in [1.807, 2.05) is 6.07 Å². The van der Waals surface area contributed by atoms with E-state index in [1.165, 1.54) is 0 Å². The van der Waals surface area contributed by atoms with Crippen LogP contribution in [0.5, 0.6) is 0 Å². The summed E-state index contributed by atoms with van der Waals surface area (Å²) in [6, 6.07) is 5.33. The molecule has 0 fully saturated rings. The van der Waals surface area contributed by atoms with Crippen LogP contribution in [0.3, 0.4) is 0 Å². The summed E-state index contributed by atoms with van der Waals surface area (Å²) in [6.45, 7) is 0. The molecule has 0 aliphatic heterocycles. The van der Waals surface area contributed by atoms with Crippen LogP contribution >= 0.6 is 15.9 Å². The second-order valence-corrected chi connectivity index (χ2v) is 3.52. The molecular formula is C9H11BrN2O. The highest BCUT2D eigenvalue weighted by Gasteiger charge is 2.05. The molecule has 1 aromatic carbocycles. The molecule has 0 saturated carbocycles. The number of aryl methyl sites for hydroxylation is 1. The Morgan fingerprint density at radius 2 is 2.15 bits per heavy atom. The predicted molar refractivity (Wildman–Crippen MR) is 56.9 cm³/mol. The van der Waals surface area contributed by atoms with Crippen LogP contribution < -0.4 is 11.5 Å². The third kappa shape index (κ3) is 2.45. The summed E-state index contributed by atoms with van der Waals surface area (Å²) in [5, 5.41) is 0.856. The zero-order chi connectivity index (χ0) is 9.84. The number of carbonyl (C=O) groups excluding carboxylic acids is 1. The van der Waals surface area contributed by atoms with Gasteiger partial charge in [0.05, 0.1) is 5.56 Å². The van der Waals surface area contributed by atoms with E-state index < -0.39 is 5.91 Å². The molecule has 1 aromatic rings. The van der Waals surface area contributed by atoms with E-state index >= 15 is 0 Å². The van der Waals surface area contributed by atoms with E-state index in [9.17, 15) is 4.79 Å². The zero-order valence-corrected chi connectivity index (χ0v) is 8.67. The van der Waals surface area contributed by atoms with E-state index in [1.54, 1.807) is 12.1 Å². The van der Waals surface area contributed by atoms with Crippen LogP contribution in [0.1, 0.15) is 15.9 Å². The van der Waals surface area contributed by atoms with Crippen molar-refractivity contribution in [3.63, 3.8) is 0 Å². The fraction of sp³-hybridized carbons (Fsp3) is 0.222. The highest BCUT2D eigenvalue weighted by atomic mass is 79.9. The minimum absolute atomic E-state index is 0.401. The molecule has 0 aromatic heterocycles. The second kappa shape index (κ2) is 4.28. The largest absolute Gasteiger partial charge is 0.398 e. The van der Waals surface area contributed by atoms with Crippen LogP contribution in [0.25, 0.3) is 0 Å². The van der Waals surface area contributed by atoms with Gasteiger partial charge in [0.1, 0.15) is 0 Å². The first-order valence-corrected chi connectivity index (χ1v) is 5.01. The smallest absolute Gasteiger partial charge is 0.250 e. The van der Waals surface area contributed by atoms with Crippen LogP contribution in [0.4, 0.5) is 5.69 Å². The lowest BCUT2D eigenvalue weighted by Gasteiger charge is -2.04. The highest BCUT2D eigenvalue weighted by Crippen LogP contribution is 2.14. The van der Waals surface area contributed by atoms with Crippen LogP contribution in [-0.4, -0.2) is 11.2 Å². The van der Waals surface area contributed by atoms with Crippen molar-refractivity contribution in [2.45, 2.75) is 6.42 Å². The molecule has 0 saturated heterocycles. The quantitative estimate of drug-likeness (QED) is 0.620. The summed E-state index contributed by atoms with van der Waals surface area (Å²) in [4.78, 5) is 10.9. The van der Waals surface area contributed by atoms with E-state index in [-0.39, 0.29) is 0 Å². The van der Waals surface area contributed by atoms with Gasteiger partial charge in [0, 0.05) is 11.0 Å².